The Morgan fingerprint density at radius 3 is 2.41 bits per heavy atom. The number of carbonyl (C=O) groups excluding carboxylic acids is 1. The Bertz CT molecular complexity index is 586. The van der Waals surface area contributed by atoms with Crippen LogP contribution in [-0.2, 0) is 11.2 Å². The van der Waals surface area contributed by atoms with E-state index in [2.05, 4.69) is 22.3 Å². The van der Waals surface area contributed by atoms with Gasteiger partial charge in [-0.05, 0) is 81.4 Å². The molecule has 2 fully saturated rings. The van der Waals surface area contributed by atoms with E-state index in [1.165, 1.54) is 12.0 Å². The highest BCUT2D eigenvalue weighted by Crippen LogP contribution is 2.20. The highest BCUT2D eigenvalue weighted by Gasteiger charge is 2.22. The molecule has 2 aliphatic heterocycles. The number of likely N-dealkylation sites (tertiary alicyclic amines) is 1. The van der Waals surface area contributed by atoms with Crippen molar-refractivity contribution in [2.24, 2.45) is 11.8 Å². The van der Waals surface area contributed by atoms with E-state index in [0.717, 1.165) is 76.6 Å². The average molecular weight is 446 g/mol. The fourth-order valence-electron chi connectivity index (χ4n) is 4.31. The van der Waals surface area contributed by atoms with Crippen LogP contribution in [0.3, 0.4) is 0 Å². The topological polar surface area (TPSA) is 44.8 Å². The zero-order valence-corrected chi connectivity index (χ0v) is 19.4. The SMILES string of the molecule is COCCN1CCC(CN(C)C(=O)c2ccc(CC3CCNC3)cc2)CC1.Cl.Cl. The lowest BCUT2D eigenvalue weighted by Gasteiger charge is -2.33. The Morgan fingerprint density at radius 2 is 1.83 bits per heavy atom. The smallest absolute Gasteiger partial charge is 0.253 e. The molecule has 2 heterocycles. The maximum atomic E-state index is 12.8. The Morgan fingerprint density at radius 1 is 1.14 bits per heavy atom. The summed E-state index contributed by atoms with van der Waals surface area (Å²) in [6.07, 6.45) is 4.69. The number of piperidine rings is 1. The van der Waals surface area contributed by atoms with E-state index in [-0.39, 0.29) is 30.7 Å². The van der Waals surface area contributed by atoms with Gasteiger partial charge in [0, 0.05) is 32.8 Å². The molecule has 5 nitrogen and oxygen atoms in total. The van der Waals surface area contributed by atoms with Crippen molar-refractivity contribution >= 4 is 30.7 Å². The predicted molar refractivity (Wildman–Crippen MR) is 124 cm³/mol. The minimum atomic E-state index is 0. The molecule has 1 unspecified atom stereocenters. The normalized spacial score (nSPS) is 20.0. The number of nitrogens with one attached hydrogen (secondary N) is 1. The summed E-state index contributed by atoms with van der Waals surface area (Å²) in [6.45, 7) is 7.15. The van der Waals surface area contributed by atoms with Gasteiger partial charge in [0.2, 0.25) is 0 Å². The highest BCUT2D eigenvalue weighted by atomic mass is 35.5. The molecule has 2 saturated heterocycles. The van der Waals surface area contributed by atoms with Crippen molar-refractivity contribution in [1.82, 2.24) is 15.1 Å². The molecule has 0 aromatic heterocycles. The Kier molecular flexibility index (Phi) is 12.1. The van der Waals surface area contributed by atoms with Gasteiger partial charge in [-0.25, -0.2) is 0 Å². The van der Waals surface area contributed by atoms with Crippen molar-refractivity contribution in [2.45, 2.75) is 25.7 Å². The molecule has 1 aromatic carbocycles. The molecule has 1 atom stereocenters. The number of hydrogen-bond donors (Lipinski definition) is 1. The van der Waals surface area contributed by atoms with E-state index < -0.39 is 0 Å². The largest absolute Gasteiger partial charge is 0.383 e. The molecule has 1 aromatic rings. The molecule has 7 heteroatoms. The summed E-state index contributed by atoms with van der Waals surface area (Å²) in [5.41, 5.74) is 2.15. The maximum absolute atomic E-state index is 12.8. The molecule has 1 amide bonds. The van der Waals surface area contributed by atoms with Gasteiger partial charge in [0.25, 0.3) is 5.91 Å². The van der Waals surface area contributed by atoms with Crippen LogP contribution in [0.5, 0.6) is 0 Å². The molecule has 1 N–H and O–H groups in total. The lowest BCUT2D eigenvalue weighted by Crippen LogP contribution is -2.40. The summed E-state index contributed by atoms with van der Waals surface area (Å²) in [5.74, 6) is 1.49. The third kappa shape index (κ3) is 8.06. The van der Waals surface area contributed by atoms with Crippen LogP contribution in [0.4, 0.5) is 0 Å². The molecule has 2 aliphatic rings. The van der Waals surface area contributed by atoms with Gasteiger partial charge in [-0.2, -0.15) is 0 Å². The monoisotopic (exact) mass is 445 g/mol. The van der Waals surface area contributed by atoms with Crippen LogP contribution < -0.4 is 5.32 Å². The van der Waals surface area contributed by atoms with Gasteiger partial charge < -0.3 is 19.9 Å². The summed E-state index contributed by atoms with van der Waals surface area (Å²) in [6, 6.07) is 8.27. The first-order valence-electron chi connectivity index (χ1n) is 10.4. The molecule has 0 saturated carbocycles. The number of ether oxygens (including phenoxy) is 1. The summed E-state index contributed by atoms with van der Waals surface area (Å²) < 4.78 is 5.16. The average Bonchev–Trinajstić information content (AvgIpc) is 3.20. The lowest BCUT2D eigenvalue weighted by atomic mass is 9.95. The fourth-order valence-corrected chi connectivity index (χ4v) is 4.31. The first-order chi connectivity index (χ1) is 13.2. The van der Waals surface area contributed by atoms with Crippen LogP contribution in [-0.4, -0.2) is 75.7 Å². The van der Waals surface area contributed by atoms with Crippen LogP contribution in [0.25, 0.3) is 0 Å². The van der Waals surface area contributed by atoms with Gasteiger partial charge in [-0.15, -0.1) is 24.8 Å². The summed E-state index contributed by atoms with van der Waals surface area (Å²) in [7, 11) is 3.70. The van der Waals surface area contributed by atoms with Crippen molar-refractivity contribution in [1.29, 1.82) is 0 Å². The first kappa shape index (κ1) is 26.2. The zero-order chi connectivity index (χ0) is 19.1. The molecule has 29 heavy (non-hydrogen) atoms. The molecule has 0 radical (unpaired) electrons. The van der Waals surface area contributed by atoms with Gasteiger partial charge in [0.15, 0.2) is 0 Å². The maximum Gasteiger partial charge on any atom is 0.253 e. The molecular formula is C22H37Cl2N3O2. The number of amides is 1. The third-order valence-corrected chi connectivity index (χ3v) is 6.09. The summed E-state index contributed by atoms with van der Waals surface area (Å²) in [5, 5.41) is 3.42. The van der Waals surface area contributed by atoms with E-state index in [0.29, 0.717) is 5.92 Å². The van der Waals surface area contributed by atoms with Crippen LogP contribution in [0, 0.1) is 11.8 Å². The van der Waals surface area contributed by atoms with Crippen LogP contribution in [0.1, 0.15) is 35.2 Å². The van der Waals surface area contributed by atoms with Crippen LogP contribution >= 0.6 is 24.8 Å². The van der Waals surface area contributed by atoms with Crippen molar-refractivity contribution < 1.29 is 9.53 Å². The van der Waals surface area contributed by atoms with Crippen LogP contribution in [0.15, 0.2) is 24.3 Å². The van der Waals surface area contributed by atoms with Gasteiger partial charge in [0.05, 0.1) is 6.61 Å². The van der Waals surface area contributed by atoms with E-state index >= 15 is 0 Å². The molecular weight excluding hydrogens is 409 g/mol. The number of benzene rings is 1. The molecule has 3 rings (SSSR count). The van der Waals surface area contributed by atoms with E-state index in [1.54, 1.807) is 7.11 Å². The Hall–Kier alpha value is -0.850. The molecule has 166 valence electrons. The van der Waals surface area contributed by atoms with Gasteiger partial charge >= 0.3 is 0 Å². The number of methoxy groups -OCH3 is 1. The number of carbonyl (C=O) groups is 1. The minimum Gasteiger partial charge on any atom is -0.383 e. The molecule has 0 bridgehead atoms. The Balaban J connectivity index is 0.00000210. The number of hydrogen-bond acceptors (Lipinski definition) is 4. The number of nitrogens with zero attached hydrogens (tertiary/aromatic N) is 2. The Labute approximate surface area is 188 Å². The summed E-state index contributed by atoms with van der Waals surface area (Å²) in [4.78, 5) is 17.1. The van der Waals surface area contributed by atoms with E-state index in [9.17, 15) is 4.79 Å². The minimum absolute atomic E-state index is 0. The van der Waals surface area contributed by atoms with Crippen molar-refractivity contribution in [2.75, 3.05) is 60.0 Å². The summed E-state index contributed by atoms with van der Waals surface area (Å²) >= 11 is 0. The quantitative estimate of drug-likeness (QED) is 0.667. The van der Waals surface area contributed by atoms with Gasteiger partial charge in [0.1, 0.15) is 0 Å². The predicted octanol–water partition coefficient (Wildman–Crippen LogP) is 3.11. The van der Waals surface area contributed by atoms with E-state index in [1.807, 2.05) is 24.1 Å². The number of halogens is 2. The zero-order valence-electron chi connectivity index (χ0n) is 17.8. The second-order valence-corrected chi connectivity index (χ2v) is 8.22. The van der Waals surface area contributed by atoms with Gasteiger partial charge in [-0.1, -0.05) is 12.1 Å². The van der Waals surface area contributed by atoms with Crippen molar-refractivity contribution in [3.05, 3.63) is 35.4 Å². The van der Waals surface area contributed by atoms with Crippen LogP contribution in [0.2, 0.25) is 0 Å². The van der Waals surface area contributed by atoms with E-state index in [4.69, 9.17) is 4.74 Å². The highest BCUT2D eigenvalue weighted by molar-refractivity contribution is 5.94. The third-order valence-electron chi connectivity index (χ3n) is 6.09. The first-order valence-corrected chi connectivity index (χ1v) is 10.4. The standard InChI is InChI=1S/C22H35N3O2.2ClH/c1-24(17-19-8-11-25(12-9-19)13-14-27-2)22(26)21-5-3-18(4-6-21)15-20-7-10-23-16-20;;/h3-6,19-20,23H,7-17H2,1-2H3;2*1H. The molecule has 0 spiro atoms. The van der Waals surface area contributed by atoms with Gasteiger partial charge in [-0.3, -0.25) is 4.79 Å². The number of rotatable bonds is 8. The second kappa shape index (κ2) is 13.5. The fraction of sp³-hybridized carbons (Fsp3) is 0.682. The van der Waals surface area contributed by atoms with Crippen molar-refractivity contribution in [3.63, 3.8) is 0 Å². The second-order valence-electron chi connectivity index (χ2n) is 8.22. The molecule has 0 aliphatic carbocycles. The lowest BCUT2D eigenvalue weighted by molar-refractivity contribution is 0.0724. The van der Waals surface area contributed by atoms with Crippen molar-refractivity contribution in [3.8, 4) is 0 Å².